The van der Waals surface area contributed by atoms with Crippen LogP contribution in [0.1, 0.15) is 48.8 Å². The minimum Gasteiger partial charge on any atom is -0.296 e. The molecule has 33 heavy (non-hydrogen) atoms. The molecule has 2 aromatic heterocycles. The Morgan fingerprint density at radius 3 is 2.82 bits per heavy atom. The number of rotatable bonds is 3. The van der Waals surface area contributed by atoms with Gasteiger partial charge in [0.25, 0.3) is 0 Å². The van der Waals surface area contributed by atoms with Crippen molar-refractivity contribution in [2.24, 2.45) is 13.0 Å². The topological polar surface area (TPSA) is 21.7 Å². The molecule has 0 saturated carbocycles. The average molecular weight is 438 g/mol. The predicted molar refractivity (Wildman–Crippen MR) is 136 cm³/mol. The van der Waals surface area contributed by atoms with E-state index >= 15 is 0 Å². The van der Waals surface area contributed by atoms with Crippen molar-refractivity contribution in [1.82, 2.24) is 9.55 Å². The summed E-state index contributed by atoms with van der Waals surface area (Å²) < 4.78 is 46.4. The highest BCUT2D eigenvalue weighted by Crippen LogP contribution is 2.41. The van der Waals surface area contributed by atoms with E-state index in [4.69, 9.17) is 11.8 Å². The molecule has 0 radical (unpaired) electrons. The molecule has 3 aromatic carbocycles. The number of benzene rings is 3. The molecule has 6 rings (SSSR count). The molecule has 3 heterocycles. The molecule has 1 aliphatic rings. The molecular weight excluding hydrogens is 402 g/mol. The normalized spacial score (nSPS) is 15.7. The lowest BCUT2D eigenvalue weighted by Crippen LogP contribution is -2.31. The van der Waals surface area contributed by atoms with E-state index in [0.717, 1.165) is 55.7 Å². The summed E-state index contributed by atoms with van der Waals surface area (Å²) in [6.07, 6.45) is 1.12. The van der Waals surface area contributed by atoms with Gasteiger partial charge in [-0.15, -0.1) is 0 Å². The molecule has 3 heteroatoms. The molecule has 0 spiro atoms. The Morgan fingerprint density at radius 2 is 2.00 bits per heavy atom. The van der Waals surface area contributed by atoms with Crippen LogP contribution in [0.4, 0.5) is 0 Å². The van der Waals surface area contributed by atoms with Crippen LogP contribution < -0.4 is 4.57 Å². The zero-order valence-corrected chi connectivity index (χ0v) is 19.4. The number of hydrogen-bond donors (Lipinski definition) is 0. The van der Waals surface area contributed by atoms with E-state index in [9.17, 15) is 0 Å². The van der Waals surface area contributed by atoms with Crippen molar-refractivity contribution in [2.75, 3.05) is 0 Å². The second-order valence-electron chi connectivity index (χ2n) is 9.33. The third-order valence-corrected chi connectivity index (χ3v) is 6.71. The van der Waals surface area contributed by atoms with Gasteiger partial charge in [0, 0.05) is 19.3 Å². The summed E-state index contributed by atoms with van der Waals surface area (Å²) in [4.78, 5) is 4.88. The Bertz CT molecular complexity index is 1760. The van der Waals surface area contributed by atoms with Gasteiger partial charge in [0.15, 0.2) is 6.20 Å². The highest BCUT2D eigenvalue weighted by molar-refractivity contribution is 5.96. The lowest BCUT2D eigenvalue weighted by molar-refractivity contribution is -0.659. The summed E-state index contributed by atoms with van der Waals surface area (Å²) >= 11 is 0. The molecular formula is C30H30N3+. The maximum atomic E-state index is 8.60. The Kier molecular flexibility index (Phi) is 3.39. The van der Waals surface area contributed by atoms with E-state index in [2.05, 4.69) is 4.57 Å². The van der Waals surface area contributed by atoms with Gasteiger partial charge < -0.3 is 0 Å². The third kappa shape index (κ3) is 3.02. The molecule has 0 aliphatic carbocycles. The number of imidazole rings is 1. The van der Waals surface area contributed by atoms with E-state index in [1.165, 1.54) is 0 Å². The maximum Gasteiger partial charge on any atom is 0.220 e. The zero-order valence-electron chi connectivity index (χ0n) is 24.4. The van der Waals surface area contributed by atoms with Crippen molar-refractivity contribution in [2.45, 2.75) is 40.4 Å². The first-order chi connectivity index (χ1) is 17.9. The lowest BCUT2D eigenvalue weighted by Gasteiger charge is -2.16. The first-order valence-corrected chi connectivity index (χ1v) is 11.5. The van der Waals surface area contributed by atoms with E-state index in [1.807, 2.05) is 93.2 Å². The quantitative estimate of drug-likeness (QED) is 0.294. The average Bonchev–Trinajstić information content (AvgIpc) is 3.39. The standard InChI is InChI=1S/C30H30N3/c1-18(2)14-21-10-11-23-22(16-21)12-13-32(5)30(23)29-20(4)19(3)15-27-24(29)17-28-31-25-8-6-7-9-26(25)33(27)28/h6-13,15-16,18H,14,17H2,1-5H3/q+1/i3D3,14D2. The van der Waals surface area contributed by atoms with Gasteiger partial charge in [-0.3, -0.25) is 4.57 Å². The number of nitrogens with zero attached hydrogens (tertiary/aromatic N) is 3. The second-order valence-corrected chi connectivity index (χ2v) is 9.33. The minimum atomic E-state index is -2.28. The number of para-hydroxylation sites is 2. The van der Waals surface area contributed by atoms with Gasteiger partial charge in [-0.1, -0.05) is 38.1 Å². The number of hydrogen-bond acceptors (Lipinski definition) is 1. The van der Waals surface area contributed by atoms with Gasteiger partial charge >= 0.3 is 0 Å². The van der Waals surface area contributed by atoms with Crippen LogP contribution in [0.25, 0.3) is 38.8 Å². The zero-order chi connectivity index (χ0) is 27.1. The van der Waals surface area contributed by atoms with Gasteiger partial charge in [0.1, 0.15) is 12.9 Å². The van der Waals surface area contributed by atoms with E-state index in [0.29, 0.717) is 17.5 Å². The van der Waals surface area contributed by atoms with Crippen molar-refractivity contribution in [3.63, 3.8) is 0 Å². The van der Waals surface area contributed by atoms with Crippen LogP contribution in [0.5, 0.6) is 0 Å². The van der Waals surface area contributed by atoms with Crippen molar-refractivity contribution >= 4 is 21.8 Å². The van der Waals surface area contributed by atoms with Crippen molar-refractivity contribution in [3.05, 3.63) is 88.9 Å². The smallest absolute Gasteiger partial charge is 0.220 e. The number of aryl methyl sites for hydroxylation is 2. The molecule has 0 bridgehead atoms. The number of pyridine rings is 1. The molecule has 5 aromatic rings. The van der Waals surface area contributed by atoms with Crippen LogP contribution in [0, 0.1) is 19.7 Å². The molecule has 0 atom stereocenters. The monoisotopic (exact) mass is 437 g/mol. The summed E-state index contributed by atoms with van der Waals surface area (Å²) in [7, 11) is 1.98. The fraction of sp³-hybridized carbons (Fsp3) is 0.267. The highest BCUT2D eigenvalue weighted by Gasteiger charge is 2.31. The van der Waals surface area contributed by atoms with Crippen molar-refractivity contribution in [1.29, 1.82) is 0 Å². The lowest BCUT2D eigenvalue weighted by atomic mass is 9.89. The molecule has 164 valence electrons. The summed E-state index contributed by atoms with van der Waals surface area (Å²) in [6.45, 7) is 3.40. The van der Waals surface area contributed by atoms with Crippen LogP contribution in [-0.4, -0.2) is 9.55 Å². The Balaban J connectivity index is 1.68. The summed E-state index contributed by atoms with van der Waals surface area (Å²) in [6, 6.07) is 17.6. The molecule has 1 aliphatic heterocycles. The van der Waals surface area contributed by atoms with Gasteiger partial charge in [-0.25, -0.2) is 9.55 Å². The largest absolute Gasteiger partial charge is 0.296 e. The molecule has 0 unspecified atom stereocenters. The number of fused-ring (bicyclic) bond motifs is 6. The fourth-order valence-corrected chi connectivity index (χ4v) is 5.25. The molecule has 3 nitrogen and oxygen atoms in total. The van der Waals surface area contributed by atoms with E-state index in [-0.39, 0.29) is 5.92 Å². The van der Waals surface area contributed by atoms with Gasteiger partial charge in [0.2, 0.25) is 5.69 Å². The SMILES string of the molecule is [2H]C([2H])([2H])c1cc2c(c(-c3c4ccc(C([2H])([2H])C(C)C)cc4cc[n+]3C)c1C)Cc1nc3ccccc3n1-2. The summed E-state index contributed by atoms with van der Waals surface area (Å²) in [5.41, 5.74) is 7.35. The van der Waals surface area contributed by atoms with Crippen LogP contribution in [0.3, 0.4) is 0 Å². The van der Waals surface area contributed by atoms with Crippen molar-refractivity contribution in [3.8, 4) is 16.9 Å². The van der Waals surface area contributed by atoms with Gasteiger partial charge in [-0.2, -0.15) is 0 Å². The number of aromatic nitrogens is 3. The Labute approximate surface area is 202 Å². The molecule has 0 N–H and O–H groups in total. The van der Waals surface area contributed by atoms with Crippen LogP contribution in [0.15, 0.2) is 60.8 Å². The summed E-state index contributed by atoms with van der Waals surface area (Å²) in [5, 5.41) is 1.88. The maximum absolute atomic E-state index is 8.60. The molecule has 0 saturated heterocycles. The fourth-order valence-electron chi connectivity index (χ4n) is 5.25. The molecule has 0 amide bonds. The predicted octanol–water partition coefficient (Wildman–Crippen LogP) is 6.39. The Morgan fingerprint density at radius 1 is 1.15 bits per heavy atom. The van der Waals surface area contributed by atoms with Crippen LogP contribution >= 0.6 is 0 Å². The van der Waals surface area contributed by atoms with Crippen LogP contribution in [-0.2, 0) is 19.8 Å². The van der Waals surface area contributed by atoms with E-state index in [1.54, 1.807) is 0 Å². The summed E-state index contributed by atoms with van der Waals surface area (Å²) in [5.74, 6) is 0.734. The van der Waals surface area contributed by atoms with Gasteiger partial charge in [0.05, 0.1) is 27.7 Å². The van der Waals surface area contributed by atoms with E-state index < -0.39 is 13.2 Å². The minimum absolute atomic E-state index is 0.169. The first-order valence-electron chi connectivity index (χ1n) is 14.0. The first kappa shape index (κ1) is 15.4. The molecule has 0 fully saturated rings. The highest BCUT2D eigenvalue weighted by atomic mass is 15.1. The van der Waals surface area contributed by atoms with Crippen LogP contribution in [0.2, 0.25) is 0 Å². The Hall–Kier alpha value is -3.46. The third-order valence-electron chi connectivity index (χ3n) is 6.71. The second kappa shape index (κ2) is 7.28. The van der Waals surface area contributed by atoms with Crippen molar-refractivity contribution < 1.29 is 11.4 Å². The van der Waals surface area contributed by atoms with Gasteiger partial charge in [-0.05, 0) is 78.0 Å².